The molecule has 1 atom stereocenters. The number of thiazole rings is 1. The molecule has 1 aliphatic heterocycles. The summed E-state index contributed by atoms with van der Waals surface area (Å²) in [6, 6.07) is 0. The zero-order chi connectivity index (χ0) is 12.5. The third-order valence-electron chi connectivity index (χ3n) is 3.43. The van der Waals surface area contributed by atoms with Crippen molar-refractivity contribution < 1.29 is 0 Å². The van der Waals surface area contributed by atoms with Crippen molar-refractivity contribution in [2.45, 2.75) is 32.7 Å². The highest BCUT2D eigenvalue weighted by atomic mass is 32.1. The number of aryl methyl sites for hydroxylation is 2. The fraction of sp³-hybridized carbons (Fsp3) is 0.538. The molecule has 96 valence electrons. The lowest BCUT2D eigenvalue weighted by molar-refractivity contribution is 0.322. The molecule has 1 unspecified atom stereocenters. The second-order valence-electron chi connectivity index (χ2n) is 5.03. The second kappa shape index (κ2) is 4.82. The summed E-state index contributed by atoms with van der Waals surface area (Å²) in [5.74, 6) is 1.70. The van der Waals surface area contributed by atoms with Crippen molar-refractivity contribution in [3.05, 3.63) is 33.8 Å². The minimum absolute atomic E-state index is 0.554. The molecule has 18 heavy (non-hydrogen) atoms. The summed E-state index contributed by atoms with van der Waals surface area (Å²) in [7, 11) is 0. The third-order valence-corrected chi connectivity index (χ3v) is 4.26. The molecule has 0 saturated carbocycles. The van der Waals surface area contributed by atoms with Gasteiger partial charge in [-0.15, -0.1) is 11.3 Å². The first-order valence-corrected chi connectivity index (χ1v) is 7.23. The maximum Gasteiger partial charge on any atom is 0.110 e. The van der Waals surface area contributed by atoms with E-state index in [1.807, 2.05) is 6.20 Å². The second-order valence-corrected chi connectivity index (χ2v) is 6.09. The van der Waals surface area contributed by atoms with E-state index in [2.05, 4.69) is 39.1 Å². The van der Waals surface area contributed by atoms with Gasteiger partial charge in [0.25, 0.3) is 0 Å². The first-order valence-electron chi connectivity index (χ1n) is 6.35. The Morgan fingerprint density at radius 1 is 1.50 bits per heavy atom. The fourth-order valence-electron chi connectivity index (χ4n) is 2.55. The van der Waals surface area contributed by atoms with E-state index in [1.165, 1.54) is 12.1 Å². The highest BCUT2D eigenvalue weighted by Gasteiger charge is 2.26. The quantitative estimate of drug-likeness (QED) is 0.924. The molecule has 3 heterocycles. The van der Waals surface area contributed by atoms with Crippen molar-refractivity contribution in [3.63, 3.8) is 0 Å². The number of aromatic amines is 1. The molecule has 0 bridgehead atoms. The summed E-state index contributed by atoms with van der Waals surface area (Å²) in [4.78, 5) is 14.8. The largest absolute Gasteiger partial charge is 0.346 e. The molecule has 0 aliphatic carbocycles. The Balaban J connectivity index is 1.61. The van der Waals surface area contributed by atoms with Crippen LogP contribution in [0.1, 0.15) is 34.6 Å². The van der Waals surface area contributed by atoms with Crippen LogP contribution in [0, 0.1) is 13.8 Å². The van der Waals surface area contributed by atoms with E-state index in [-0.39, 0.29) is 0 Å². The topological polar surface area (TPSA) is 44.8 Å². The van der Waals surface area contributed by atoms with E-state index >= 15 is 0 Å². The first-order chi connectivity index (χ1) is 8.70. The van der Waals surface area contributed by atoms with Gasteiger partial charge >= 0.3 is 0 Å². The predicted molar refractivity (Wildman–Crippen MR) is 72.8 cm³/mol. The molecule has 2 aromatic heterocycles. The van der Waals surface area contributed by atoms with Crippen LogP contribution in [-0.2, 0) is 6.54 Å². The summed E-state index contributed by atoms with van der Waals surface area (Å²) in [5.41, 5.74) is 2.35. The molecule has 1 N–H and O–H groups in total. The first kappa shape index (κ1) is 11.9. The van der Waals surface area contributed by atoms with Crippen LogP contribution in [0.15, 0.2) is 11.6 Å². The predicted octanol–water partition coefficient (Wildman–Crippen LogP) is 2.47. The van der Waals surface area contributed by atoms with Crippen molar-refractivity contribution in [2.24, 2.45) is 0 Å². The lowest BCUT2D eigenvalue weighted by atomic mass is 10.1. The maximum absolute atomic E-state index is 4.53. The number of H-pyrrole nitrogens is 1. The summed E-state index contributed by atoms with van der Waals surface area (Å²) in [6.07, 6.45) is 3.11. The number of hydrogen-bond acceptors (Lipinski definition) is 4. The Hall–Kier alpha value is -1.20. The van der Waals surface area contributed by atoms with Crippen LogP contribution in [-0.4, -0.2) is 32.9 Å². The summed E-state index contributed by atoms with van der Waals surface area (Å²) in [6.45, 7) is 7.32. The van der Waals surface area contributed by atoms with Gasteiger partial charge in [-0.25, -0.2) is 9.97 Å². The zero-order valence-corrected chi connectivity index (χ0v) is 11.6. The highest BCUT2D eigenvalue weighted by molar-refractivity contribution is 7.09. The highest BCUT2D eigenvalue weighted by Crippen LogP contribution is 2.26. The average molecular weight is 262 g/mol. The Morgan fingerprint density at radius 3 is 3.06 bits per heavy atom. The molecule has 3 rings (SSSR count). The van der Waals surface area contributed by atoms with E-state index < -0.39 is 0 Å². The van der Waals surface area contributed by atoms with Gasteiger partial charge in [-0.1, -0.05) is 0 Å². The Bertz CT molecular complexity index is 531. The maximum atomic E-state index is 4.53. The molecular formula is C13H18N4S. The summed E-state index contributed by atoms with van der Waals surface area (Å²) in [5, 5.41) is 3.32. The van der Waals surface area contributed by atoms with Gasteiger partial charge in [0.05, 0.1) is 10.7 Å². The zero-order valence-electron chi connectivity index (χ0n) is 10.8. The number of likely N-dealkylation sites (tertiary alicyclic amines) is 1. The lowest BCUT2D eigenvalue weighted by Crippen LogP contribution is -2.20. The van der Waals surface area contributed by atoms with E-state index in [0.717, 1.165) is 36.2 Å². The van der Waals surface area contributed by atoms with Crippen LogP contribution >= 0.6 is 11.3 Å². The SMILES string of the molecule is Cc1cnc(C2CCN(Cc3csc(C)n3)C2)[nH]1. The van der Waals surface area contributed by atoms with Gasteiger partial charge in [-0.05, 0) is 26.8 Å². The standard InChI is InChI=1S/C13H18N4S/c1-9-5-14-13(15-9)11-3-4-17(6-11)7-12-8-18-10(2)16-12/h5,8,11H,3-4,6-7H2,1-2H3,(H,14,15). The monoisotopic (exact) mass is 262 g/mol. The van der Waals surface area contributed by atoms with Crippen molar-refractivity contribution in [2.75, 3.05) is 13.1 Å². The summed E-state index contributed by atoms with van der Waals surface area (Å²) < 4.78 is 0. The molecule has 5 heteroatoms. The Kier molecular flexibility index (Phi) is 3.18. The van der Waals surface area contributed by atoms with Gasteiger partial charge < -0.3 is 4.98 Å². The van der Waals surface area contributed by atoms with Crippen LogP contribution < -0.4 is 0 Å². The number of aromatic nitrogens is 3. The van der Waals surface area contributed by atoms with Crippen LogP contribution in [0.2, 0.25) is 0 Å². The average Bonchev–Trinajstić information content (AvgIpc) is 3.01. The molecule has 1 saturated heterocycles. The van der Waals surface area contributed by atoms with Gasteiger partial charge in [0.2, 0.25) is 0 Å². The van der Waals surface area contributed by atoms with E-state index in [1.54, 1.807) is 11.3 Å². The van der Waals surface area contributed by atoms with Crippen LogP contribution in [0.25, 0.3) is 0 Å². The van der Waals surface area contributed by atoms with Crippen molar-refractivity contribution in [1.82, 2.24) is 19.9 Å². The smallest absolute Gasteiger partial charge is 0.110 e. The number of imidazole rings is 1. The molecule has 0 radical (unpaired) electrons. The van der Waals surface area contributed by atoms with Crippen molar-refractivity contribution >= 4 is 11.3 Å². The minimum Gasteiger partial charge on any atom is -0.346 e. The molecule has 0 aromatic carbocycles. The molecule has 0 spiro atoms. The molecule has 1 aliphatic rings. The van der Waals surface area contributed by atoms with Gasteiger partial charge in [-0.2, -0.15) is 0 Å². The molecule has 1 fully saturated rings. The van der Waals surface area contributed by atoms with Gasteiger partial charge in [0.1, 0.15) is 5.82 Å². The summed E-state index contributed by atoms with van der Waals surface area (Å²) >= 11 is 1.73. The van der Waals surface area contributed by atoms with Crippen LogP contribution in [0.5, 0.6) is 0 Å². The van der Waals surface area contributed by atoms with Gasteiger partial charge in [-0.3, -0.25) is 4.90 Å². The number of hydrogen-bond donors (Lipinski definition) is 1. The molecule has 0 amide bonds. The van der Waals surface area contributed by atoms with Crippen molar-refractivity contribution in [1.29, 1.82) is 0 Å². The van der Waals surface area contributed by atoms with Crippen LogP contribution in [0.4, 0.5) is 0 Å². The Labute approximate surface area is 111 Å². The van der Waals surface area contributed by atoms with E-state index in [0.29, 0.717) is 5.92 Å². The lowest BCUT2D eigenvalue weighted by Gasteiger charge is -2.13. The molecular weight excluding hydrogens is 244 g/mol. The molecule has 4 nitrogen and oxygen atoms in total. The Morgan fingerprint density at radius 2 is 2.39 bits per heavy atom. The minimum atomic E-state index is 0.554. The normalized spacial score (nSPS) is 20.7. The van der Waals surface area contributed by atoms with E-state index in [4.69, 9.17) is 0 Å². The number of rotatable bonds is 3. The van der Waals surface area contributed by atoms with E-state index in [9.17, 15) is 0 Å². The van der Waals surface area contributed by atoms with Gasteiger partial charge in [0.15, 0.2) is 0 Å². The van der Waals surface area contributed by atoms with Gasteiger partial charge in [0, 0.05) is 36.3 Å². The number of nitrogens with one attached hydrogen (secondary N) is 1. The fourth-order valence-corrected chi connectivity index (χ4v) is 3.15. The third kappa shape index (κ3) is 2.47. The number of nitrogens with zero attached hydrogens (tertiary/aromatic N) is 3. The molecule has 2 aromatic rings. The van der Waals surface area contributed by atoms with Crippen molar-refractivity contribution in [3.8, 4) is 0 Å². The van der Waals surface area contributed by atoms with Crippen LogP contribution in [0.3, 0.4) is 0 Å².